The number of ether oxygens (including phenoxy) is 1. The summed E-state index contributed by atoms with van der Waals surface area (Å²) >= 11 is 6.53. The molecule has 2 aliphatic rings. The van der Waals surface area contributed by atoms with Crippen molar-refractivity contribution in [2.24, 2.45) is 11.8 Å². The molecule has 7 heteroatoms. The predicted octanol–water partition coefficient (Wildman–Crippen LogP) is 4.13. The van der Waals surface area contributed by atoms with E-state index < -0.39 is 6.10 Å². The minimum Gasteiger partial charge on any atom is -0.437 e. The van der Waals surface area contributed by atoms with Crippen LogP contribution in [0, 0.1) is 11.8 Å². The molecule has 1 atom stereocenters. The van der Waals surface area contributed by atoms with Crippen LogP contribution in [0.15, 0.2) is 30.5 Å². The molecule has 5 rings (SSSR count). The molecular formula is C19H19ClN4O2. The van der Waals surface area contributed by atoms with E-state index in [1.807, 2.05) is 28.9 Å². The summed E-state index contributed by atoms with van der Waals surface area (Å²) in [7, 11) is 0. The highest BCUT2D eigenvalue weighted by Gasteiger charge is 2.33. The lowest BCUT2D eigenvalue weighted by Gasteiger charge is -2.15. The summed E-state index contributed by atoms with van der Waals surface area (Å²) in [6, 6.07) is 7.41. The summed E-state index contributed by atoms with van der Waals surface area (Å²) in [4.78, 5) is 4.30. The summed E-state index contributed by atoms with van der Waals surface area (Å²) in [5, 5.41) is 19.4. The van der Waals surface area contributed by atoms with E-state index in [1.54, 1.807) is 6.20 Å². The summed E-state index contributed by atoms with van der Waals surface area (Å²) < 4.78 is 7.88. The van der Waals surface area contributed by atoms with E-state index in [9.17, 15) is 5.11 Å². The van der Waals surface area contributed by atoms with Crippen molar-refractivity contribution in [2.75, 3.05) is 0 Å². The smallest absolute Gasteiger partial charge is 0.225 e. The first-order valence-electron chi connectivity index (χ1n) is 9.03. The number of pyridine rings is 1. The summed E-state index contributed by atoms with van der Waals surface area (Å²) in [5.41, 5.74) is 2.24. The fraction of sp³-hybridized carbons (Fsp3) is 0.421. The van der Waals surface area contributed by atoms with Crippen molar-refractivity contribution >= 4 is 22.6 Å². The van der Waals surface area contributed by atoms with E-state index in [0.29, 0.717) is 39.6 Å². The van der Waals surface area contributed by atoms with Gasteiger partial charge in [-0.15, -0.1) is 5.10 Å². The first-order chi connectivity index (χ1) is 12.7. The van der Waals surface area contributed by atoms with Gasteiger partial charge in [-0.3, -0.25) is 0 Å². The van der Waals surface area contributed by atoms with Crippen molar-refractivity contribution in [1.82, 2.24) is 20.0 Å². The Bertz CT molecular complexity index is 965. The van der Waals surface area contributed by atoms with Crippen LogP contribution in [0.1, 0.15) is 37.4 Å². The Balaban J connectivity index is 1.47. The van der Waals surface area contributed by atoms with Crippen LogP contribution in [0.25, 0.3) is 11.0 Å². The highest BCUT2D eigenvalue weighted by molar-refractivity contribution is 6.36. The van der Waals surface area contributed by atoms with E-state index in [0.717, 1.165) is 24.9 Å². The number of hydrogen-bond acceptors (Lipinski definition) is 5. The minimum atomic E-state index is -0.555. The Labute approximate surface area is 155 Å². The lowest BCUT2D eigenvalue weighted by atomic mass is 10.1. The normalized spacial score (nSPS) is 18.2. The first kappa shape index (κ1) is 16.0. The van der Waals surface area contributed by atoms with E-state index in [2.05, 4.69) is 15.3 Å². The van der Waals surface area contributed by atoms with Gasteiger partial charge in [-0.05, 0) is 61.8 Å². The minimum absolute atomic E-state index is 0.293. The number of aliphatic hydroxyl groups is 1. The largest absolute Gasteiger partial charge is 0.437 e. The molecule has 3 aromatic rings. The van der Waals surface area contributed by atoms with Crippen molar-refractivity contribution < 1.29 is 9.84 Å². The van der Waals surface area contributed by atoms with Gasteiger partial charge >= 0.3 is 0 Å². The zero-order valence-electron chi connectivity index (χ0n) is 14.2. The third-order valence-corrected chi connectivity index (χ3v) is 5.48. The standard InChI is InChI=1S/C19H19ClN4O2/c20-16-15(8-7-14-17(16)22-23-24(14)10-11-3-4-11)26-19-13(2-1-9-21-19)18(25)12-5-6-12/h1-2,7-9,11-12,18,25H,3-6,10H2. The van der Waals surface area contributed by atoms with Crippen molar-refractivity contribution in [1.29, 1.82) is 0 Å². The second kappa shape index (κ2) is 6.21. The summed E-state index contributed by atoms with van der Waals surface area (Å²) in [5.74, 6) is 1.86. The van der Waals surface area contributed by atoms with Crippen LogP contribution in [0.5, 0.6) is 11.6 Å². The lowest BCUT2D eigenvalue weighted by Crippen LogP contribution is -2.04. The molecule has 26 heavy (non-hydrogen) atoms. The summed E-state index contributed by atoms with van der Waals surface area (Å²) in [6.07, 6.45) is 5.67. The Hall–Kier alpha value is -2.18. The molecule has 0 radical (unpaired) electrons. The fourth-order valence-corrected chi connectivity index (χ4v) is 3.46. The van der Waals surface area contributed by atoms with Crippen LogP contribution in [0.3, 0.4) is 0 Å². The molecule has 2 saturated carbocycles. The van der Waals surface area contributed by atoms with Crippen LogP contribution in [0.2, 0.25) is 5.02 Å². The lowest BCUT2D eigenvalue weighted by molar-refractivity contribution is 0.150. The van der Waals surface area contributed by atoms with Crippen molar-refractivity contribution in [3.05, 3.63) is 41.0 Å². The molecule has 2 aliphatic carbocycles. The topological polar surface area (TPSA) is 73.1 Å². The molecule has 2 aromatic heterocycles. The molecule has 0 spiro atoms. The number of aliphatic hydroxyl groups excluding tert-OH is 1. The second-order valence-electron chi connectivity index (χ2n) is 7.24. The van der Waals surface area contributed by atoms with Gasteiger partial charge in [0.15, 0.2) is 5.75 Å². The average molecular weight is 371 g/mol. The second-order valence-corrected chi connectivity index (χ2v) is 7.62. The molecule has 2 fully saturated rings. The molecule has 0 aliphatic heterocycles. The maximum Gasteiger partial charge on any atom is 0.225 e. The van der Waals surface area contributed by atoms with E-state index >= 15 is 0 Å². The quantitative estimate of drug-likeness (QED) is 0.706. The number of fused-ring (bicyclic) bond motifs is 1. The van der Waals surface area contributed by atoms with Gasteiger partial charge in [0.25, 0.3) is 0 Å². The zero-order chi connectivity index (χ0) is 17.7. The zero-order valence-corrected chi connectivity index (χ0v) is 14.9. The molecule has 6 nitrogen and oxygen atoms in total. The number of aromatic nitrogens is 4. The molecule has 1 aromatic carbocycles. The monoisotopic (exact) mass is 370 g/mol. The number of hydrogen-bond donors (Lipinski definition) is 1. The molecular weight excluding hydrogens is 352 g/mol. The maximum absolute atomic E-state index is 10.5. The maximum atomic E-state index is 10.5. The van der Waals surface area contributed by atoms with Gasteiger partial charge in [0.2, 0.25) is 5.88 Å². The third kappa shape index (κ3) is 2.93. The van der Waals surface area contributed by atoms with Gasteiger partial charge < -0.3 is 9.84 Å². The average Bonchev–Trinajstić information content (AvgIpc) is 3.56. The van der Waals surface area contributed by atoms with E-state index in [-0.39, 0.29) is 0 Å². The van der Waals surface area contributed by atoms with Gasteiger partial charge in [0, 0.05) is 18.3 Å². The molecule has 0 bridgehead atoms. The Kier molecular flexibility index (Phi) is 3.83. The molecule has 1 N–H and O–H groups in total. The van der Waals surface area contributed by atoms with Crippen LogP contribution < -0.4 is 4.74 Å². The third-order valence-electron chi connectivity index (χ3n) is 5.11. The number of halogens is 1. The van der Waals surface area contributed by atoms with Crippen LogP contribution in [-0.4, -0.2) is 25.1 Å². The SMILES string of the molecule is OC(c1cccnc1Oc1ccc2c(nnn2CC2CC2)c1Cl)C1CC1. The van der Waals surface area contributed by atoms with Crippen LogP contribution in [-0.2, 0) is 6.54 Å². The first-order valence-corrected chi connectivity index (χ1v) is 9.41. The van der Waals surface area contributed by atoms with Gasteiger partial charge in [0.05, 0.1) is 11.6 Å². The van der Waals surface area contributed by atoms with Crippen molar-refractivity contribution in [3.8, 4) is 11.6 Å². The Morgan fingerprint density at radius 1 is 1.23 bits per heavy atom. The molecule has 0 amide bonds. The van der Waals surface area contributed by atoms with Crippen LogP contribution >= 0.6 is 11.6 Å². The molecule has 2 heterocycles. The van der Waals surface area contributed by atoms with Gasteiger partial charge in [0.1, 0.15) is 10.5 Å². The van der Waals surface area contributed by atoms with E-state index in [4.69, 9.17) is 16.3 Å². The predicted molar refractivity (Wildman–Crippen MR) is 97.3 cm³/mol. The Morgan fingerprint density at radius 2 is 2.08 bits per heavy atom. The number of benzene rings is 1. The van der Waals surface area contributed by atoms with Gasteiger partial charge in [-0.1, -0.05) is 16.8 Å². The van der Waals surface area contributed by atoms with Crippen molar-refractivity contribution in [3.63, 3.8) is 0 Å². The molecule has 134 valence electrons. The number of nitrogens with zero attached hydrogens (tertiary/aromatic N) is 4. The molecule has 1 unspecified atom stereocenters. The fourth-order valence-electron chi connectivity index (χ4n) is 3.23. The van der Waals surface area contributed by atoms with Gasteiger partial charge in [-0.2, -0.15) is 0 Å². The van der Waals surface area contributed by atoms with Crippen LogP contribution in [0.4, 0.5) is 0 Å². The highest BCUT2D eigenvalue weighted by atomic mass is 35.5. The number of rotatable bonds is 6. The highest BCUT2D eigenvalue weighted by Crippen LogP contribution is 2.44. The van der Waals surface area contributed by atoms with Crippen molar-refractivity contribution in [2.45, 2.75) is 38.3 Å². The molecule has 0 saturated heterocycles. The Morgan fingerprint density at radius 3 is 2.85 bits per heavy atom. The van der Waals surface area contributed by atoms with E-state index in [1.165, 1.54) is 12.8 Å². The van der Waals surface area contributed by atoms with Gasteiger partial charge in [-0.25, -0.2) is 9.67 Å². The summed E-state index contributed by atoms with van der Waals surface area (Å²) in [6.45, 7) is 0.880.